The van der Waals surface area contributed by atoms with E-state index < -0.39 is 11.5 Å². The van der Waals surface area contributed by atoms with Crippen molar-refractivity contribution in [3.63, 3.8) is 0 Å². The smallest absolute Gasteiger partial charge is 0.288 e. The van der Waals surface area contributed by atoms with Gasteiger partial charge >= 0.3 is 0 Å². The van der Waals surface area contributed by atoms with E-state index in [1.54, 1.807) is 11.8 Å². The first-order valence-electron chi connectivity index (χ1n) is 9.70. The molecular weight excluding hydrogens is 406 g/mol. The minimum atomic E-state index is -0.435. The molecule has 1 aliphatic heterocycles. The standard InChI is InChI=1S/C20H23N5O2S2/c1-28-15-8-6-14(7-9-15)12-21-17(26)16-13-22-19-25(18(16)27)23-20(29-19)24-10-4-2-3-5-11-24/h6-9,13H,2-5,10-12H2,1H3,(H,21,26). The SMILES string of the molecule is CSc1ccc(CNC(=O)c2cnc3sc(N4CCCCCC4)nn3c2=O)cc1. The first kappa shape index (κ1) is 19.9. The van der Waals surface area contributed by atoms with E-state index in [9.17, 15) is 9.59 Å². The molecule has 3 heterocycles. The lowest BCUT2D eigenvalue weighted by Gasteiger charge is -2.17. The summed E-state index contributed by atoms with van der Waals surface area (Å²) in [6, 6.07) is 7.95. The Morgan fingerprint density at radius 3 is 2.59 bits per heavy atom. The molecule has 0 aliphatic carbocycles. The molecule has 1 fully saturated rings. The molecular formula is C20H23N5O2S2. The highest BCUT2D eigenvalue weighted by Crippen LogP contribution is 2.24. The van der Waals surface area contributed by atoms with Crippen molar-refractivity contribution in [1.82, 2.24) is 19.9 Å². The van der Waals surface area contributed by atoms with Crippen LogP contribution in [0.25, 0.3) is 4.96 Å². The van der Waals surface area contributed by atoms with Crippen LogP contribution in [0.2, 0.25) is 0 Å². The zero-order valence-electron chi connectivity index (χ0n) is 16.3. The summed E-state index contributed by atoms with van der Waals surface area (Å²) in [7, 11) is 0. The molecule has 4 rings (SSSR count). The first-order valence-corrected chi connectivity index (χ1v) is 11.7. The van der Waals surface area contributed by atoms with Crippen molar-refractivity contribution in [1.29, 1.82) is 0 Å². The molecule has 7 nitrogen and oxygen atoms in total. The Balaban J connectivity index is 1.51. The van der Waals surface area contributed by atoms with Crippen molar-refractivity contribution >= 4 is 39.1 Å². The summed E-state index contributed by atoms with van der Waals surface area (Å²) in [5, 5.41) is 8.06. The fourth-order valence-electron chi connectivity index (χ4n) is 3.34. The van der Waals surface area contributed by atoms with Crippen LogP contribution < -0.4 is 15.8 Å². The molecule has 0 spiro atoms. The third kappa shape index (κ3) is 4.45. The number of amides is 1. The van der Waals surface area contributed by atoms with Gasteiger partial charge < -0.3 is 10.2 Å². The fourth-order valence-corrected chi connectivity index (χ4v) is 4.66. The highest BCUT2D eigenvalue weighted by molar-refractivity contribution is 7.98. The largest absolute Gasteiger partial charge is 0.348 e. The highest BCUT2D eigenvalue weighted by Gasteiger charge is 2.19. The van der Waals surface area contributed by atoms with E-state index in [1.165, 1.54) is 34.9 Å². The summed E-state index contributed by atoms with van der Waals surface area (Å²) in [6.07, 6.45) is 8.08. The van der Waals surface area contributed by atoms with E-state index in [1.807, 2.05) is 30.5 Å². The maximum Gasteiger partial charge on any atom is 0.288 e. The number of thioether (sulfide) groups is 1. The minimum Gasteiger partial charge on any atom is -0.348 e. The molecule has 1 aromatic carbocycles. The van der Waals surface area contributed by atoms with Gasteiger partial charge in [0.2, 0.25) is 10.1 Å². The minimum absolute atomic E-state index is 0.0101. The van der Waals surface area contributed by atoms with Crippen molar-refractivity contribution in [3.8, 4) is 0 Å². The Hall–Kier alpha value is -2.39. The molecule has 1 saturated heterocycles. The zero-order chi connectivity index (χ0) is 20.2. The lowest BCUT2D eigenvalue weighted by atomic mass is 10.2. The molecule has 1 amide bonds. The van der Waals surface area contributed by atoms with Gasteiger partial charge in [-0.3, -0.25) is 9.59 Å². The average molecular weight is 430 g/mol. The number of nitrogens with zero attached hydrogens (tertiary/aromatic N) is 4. The van der Waals surface area contributed by atoms with E-state index in [0.717, 1.165) is 41.5 Å². The van der Waals surface area contributed by atoms with E-state index >= 15 is 0 Å². The van der Waals surface area contributed by atoms with E-state index in [0.29, 0.717) is 11.5 Å². The molecule has 0 unspecified atom stereocenters. The Morgan fingerprint density at radius 2 is 1.90 bits per heavy atom. The van der Waals surface area contributed by atoms with Crippen molar-refractivity contribution < 1.29 is 4.79 Å². The molecule has 1 N–H and O–H groups in total. The fraction of sp³-hybridized carbons (Fsp3) is 0.400. The predicted octanol–water partition coefficient (Wildman–Crippen LogP) is 3.18. The van der Waals surface area contributed by atoms with Crippen LogP contribution >= 0.6 is 23.1 Å². The monoisotopic (exact) mass is 429 g/mol. The molecule has 2 aromatic heterocycles. The van der Waals surface area contributed by atoms with E-state index in [-0.39, 0.29) is 5.56 Å². The number of fused-ring (bicyclic) bond motifs is 1. The Bertz CT molecular complexity index is 1050. The van der Waals surface area contributed by atoms with Crippen molar-refractivity contribution in [2.24, 2.45) is 0 Å². The number of benzene rings is 1. The van der Waals surface area contributed by atoms with Gasteiger partial charge in [-0.05, 0) is 36.8 Å². The summed E-state index contributed by atoms with van der Waals surface area (Å²) in [5.41, 5.74) is 0.556. The summed E-state index contributed by atoms with van der Waals surface area (Å²) in [5.74, 6) is -0.435. The van der Waals surface area contributed by atoms with Gasteiger partial charge in [0.15, 0.2) is 0 Å². The molecule has 0 radical (unpaired) electrons. The summed E-state index contributed by atoms with van der Waals surface area (Å²) < 4.78 is 1.26. The van der Waals surface area contributed by atoms with Crippen LogP contribution in [0.4, 0.5) is 5.13 Å². The highest BCUT2D eigenvalue weighted by atomic mass is 32.2. The lowest BCUT2D eigenvalue weighted by Crippen LogP contribution is -2.31. The Kier molecular flexibility index (Phi) is 6.15. The normalized spacial score (nSPS) is 14.7. The number of hydrogen-bond donors (Lipinski definition) is 1. The quantitative estimate of drug-likeness (QED) is 0.628. The molecule has 152 valence electrons. The maximum atomic E-state index is 12.8. The van der Waals surface area contributed by atoms with Crippen LogP contribution in [0.15, 0.2) is 40.2 Å². The molecule has 1 aliphatic rings. The number of aromatic nitrogens is 3. The third-order valence-corrected chi connectivity index (χ3v) is 6.74. The summed E-state index contributed by atoms with van der Waals surface area (Å²) >= 11 is 3.06. The third-order valence-electron chi connectivity index (χ3n) is 5.01. The number of carbonyl (C=O) groups excluding carboxylic acids is 1. The van der Waals surface area contributed by atoms with Gasteiger partial charge in [-0.1, -0.05) is 36.3 Å². The van der Waals surface area contributed by atoms with Crippen LogP contribution in [0, 0.1) is 0 Å². The number of hydrogen-bond acceptors (Lipinski definition) is 7. The topological polar surface area (TPSA) is 79.6 Å². The lowest BCUT2D eigenvalue weighted by molar-refractivity contribution is 0.0948. The Morgan fingerprint density at radius 1 is 1.17 bits per heavy atom. The Labute approximate surface area is 177 Å². The predicted molar refractivity (Wildman–Crippen MR) is 117 cm³/mol. The van der Waals surface area contributed by atoms with Gasteiger partial charge in [-0.2, -0.15) is 4.52 Å². The van der Waals surface area contributed by atoms with E-state index in [2.05, 4.69) is 20.3 Å². The number of anilines is 1. The number of rotatable bonds is 5. The van der Waals surface area contributed by atoms with Gasteiger partial charge in [0.05, 0.1) is 0 Å². The van der Waals surface area contributed by atoms with Crippen LogP contribution in [-0.4, -0.2) is 39.9 Å². The van der Waals surface area contributed by atoms with Gasteiger partial charge in [0.25, 0.3) is 11.5 Å². The van der Waals surface area contributed by atoms with Crippen LogP contribution in [-0.2, 0) is 6.54 Å². The van der Waals surface area contributed by atoms with Crippen LogP contribution in [0.5, 0.6) is 0 Å². The van der Waals surface area contributed by atoms with Crippen molar-refractivity contribution in [2.45, 2.75) is 37.1 Å². The maximum absolute atomic E-state index is 12.8. The van der Waals surface area contributed by atoms with Crippen molar-refractivity contribution in [3.05, 3.63) is 51.9 Å². The van der Waals surface area contributed by atoms with E-state index in [4.69, 9.17) is 0 Å². The second-order valence-electron chi connectivity index (χ2n) is 6.99. The molecule has 0 saturated carbocycles. The first-order chi connectivity index (χ1) is 14.2. The molecule has 0 atom stereocenters. The number of carbonyl (C=O) groups is 1. The molecule has 3 aromatic rings. The van der Waals surface area contributed by atoms with Gasteiger partial charge in [-0.25, -0.2) is 4.98 Å². The van der Waals surface area contributed by atoms with Crippen LogP contribution in [0.1, 0.15) is 41.6 Å². The second-order valence-corrected chi connectivity index (χ2v) is 8.80. The molecule has 0 bridgehead atoms. The summed E-state index contributed by atoms with van der Waals surface area (Å²) in [4.78, 5) is 33.6. The van der Waals surface area contributed by atoms with Gasteiger partial charge in [-0.15, -0.1) is 16.9 Å². The average Bonchev–Trinajstić information content (AvgIpc) is 3.00. The molecule has 29 heavy (non-hydrogen) atoms. The van der Waals surface area contributed by atoms with Gasteiger partial charge in [0, 0.05) is 30.7 Å². The van der Waals surface area contributed by atoms with Crippen LogP contribution in [0.3, 0.4) is 0 Å². The zero-order valence-corrected chi connectivity index (χ0v) is 17.9. The second kappa shape index (κ2) is 8.96. The number of nitrogens with one attached hydrogen (secondary N) is 1. The summed E-state index contributed by atoms with van der Waals surface area (Å²) in [6.45, 7) is 2.24. The molecule has 9 heteroatoms. The van der Waals surface area contributed by atoms with Gasteiger partial charge in [0.1, 0.15) is 5.56 Å². The van der Waals surface area contributed by atoms with Crippen molar-refractivity contribution in [2.75, 3.05) is 24.2 Å².